The van der Waals surface area contributed by atoms with Gasteiger partial charge >= 0.3 is 5.97 Å². The van der Waals surface area contributed by atoms with Gasteiger partial charge in [0.15, 0.2) is 11.7 Å². The lowest BCUT2D eigenvalue weighted by Crippen LogP contribution is -2.48. The lowest BCUT2D eigenvalue weighted by atomic mass is 10.1. The van der Waals surface area contributed by atoms with Gasteiger partial charge in [0.05, 0.1) is 11.5 Å². The van der Waals surface area contributed by atoms with Crippen LogP contribution in [0.15, 0.2) is 29.1 Å². The van der Waals surface area contributed by atoms with Gasteiger partial charge in [-0.15, -0.1) is 0 Å². The molecule has 1 aromatic heterocycles. The van der Waals surface area contributed by atoms with Crippen LogP contribution in [-0.4, -0.2) is 44.4 Å². The number of rotatable bonds is 4. The number of carbonyl (C=O) groups excluding carboxylic acids is 1. The van der Waals surface area contributed by atoms with E-state index in [0.717, 1.165) is 0 Å². The Labute approximate surface area is 118 Å². The summed E-state index contributed by atoms with van der Waals surface area (Å²) in [6.07, 6.45) is -1.28. The number of fused-ring (bicyclic) bond motifs is 1. The Kier molecular flexibility index (Phi) is 3.99. The number of nitrogens with one attached hydrogen (secondary N) is 2. The van der Waals surface area contributed by atoms with Crippen molar-refractivity contribution in [3.05, 3.63) is 40.3 Å². The summed E-state index contributed by atoms with van der Waals surface area (Å²) < 4.78 is 0. The third kappa shape index (κ3) is 2.90. The second-order valence-electron chi connectivity index (χ2n) is 4.48. The lowest BCUT2D eigenvalue weighted by molar-refractivity contribution is -0.141. The van der Waals surface area contributed by atoms with Crippen LogP contribution in [0.5, 0.6) is 0 Å². The molecule has 0 saturated carbocycles. The van der Waals surface area contributed by atoms with Crippen LogP contribution in [0.3, 0.4) is 0 Å². The van der Waals surface area contributed by atoms with Gasteiger partial charge in [0.2, 0.25) is 0 Å². The summed E-state index contributed by atoms with van der Waals surface area (Å²) in [6, 6.07) is 4.85. The number of hydrogen-bond acceptors (Lipinski definition) is 5. The molecule has 0 unspecified atom stereocenters. The van der Waals surface area contributed by atoms with Crippen molar-refractivity contribution in [2.45, 2.75) is 19.1 Å². The van der Waals surface area contributed by atoms with Crippen molar-refractivity contribution in [1.29, 1.82) is 0 Å². The number of aliphatic hydroxyl groups is 1. The van der Waals surface area contributed by atoms with Crippen LogP contribution in [-0.2, 0) is 4.79 Å². The van der Waals surface area contributed by atoms with Crippen LogP contribution in [0, 0.1) is 0 Å². The van der Waals surface area contributed by atoms with Gasteiger partial charge in [-0.1, -0.05) is 18.2 Å². The van der Waals surface area contributed by atoms with Crippen LogP contribution in [0.1, 0.15) is 17.4 Å². The van der Waals surface area contributed by atoms with Crippen LogP contribution in [0.4, 0.5) is 0 Å². The van der Waals surface area contributed by atoms with Crippen molar-refractivity contribution >= 4 is 22.6 Å². The molecule has 0 bridgehead atoms. The van der Waals surface area contributed by atoms with E-state index in [-0.39, 0.29) is 11.1 Å². The minimum Gasteiger partial charge on any atom is -0.480 e. The third-order valence-electron chi connectivity index (χ3n) is 2.95. The zero-order valence-electron chi connectivity index (χ0n) is 11.0. The highest BCUT2D eigenvalue weighted by Gasteiger charge is 2.26. The molecule has 0 aliphatic carbocycles. The summed E-state index contributed by atoms with van der Waals surface area (Å²) in [7, 11) is 0. The summed E-state index contributed by atoms with van der Waals surface area (Å²) in [5.74, 6) is -2.16. The third-order valence-corrected chi connectivity index (χ3v) is 2.95. The van der Waals surface area contributed by atoms with Gasteiger partial charge in [0, 0.05) is 5.39 Å². The van der Waals surface area contributed by atoms with E-state index in [2.05, 4.69) is 15.5 Å². The Morgan fingerprint density at radius 1 is 1.29 bits per heavy atom. The molecule has 4 N–H and O–H groups in total. The highest BCUT2D eigenvalue weighted by Crippen LogP contribution is 2.12. The van der Waals surface area contributed by atoms with Gasteiger partial charge in [0.25, 0.3) is 11.5 Å². The average Bonchev–Trinajstić information content (AvgIpc) is 2.44. The van der Waals surface area contributed by atoms with Crippen molar-refractivity contribution in [2.75, 3.05) is 0 Å². The molecule has 8 heteroatoms. The van der Waals surface area contributed by atoms with Crippen molar-refractivity contribution < 1.29 is 19.8 Å². The highest BCUT2D eigenvalue weighted by molar-refractivity contribution is 6.05. The molecule has 21 heavy (non-hydrogen) atoms. The van der Waals surface area contributed by atoms with Crippen LogP contribution >= 0.6 is 0 Å². The highest BCUT2D eigenvalue weighted by atomic mass is 16.4. The van der Waals surface area contributed by atoms with Gasteiger partial charge in [0.1, 0.15) is 0 Å². The monoisotopic (exact) mass is 291 g/mol. The smallest absolute Gasteiger partial charge is 0.328 e. The first kappa shape index (κ1) is 14.7. The molecular weight excluding hydrogens is 278 g/mol. The fourth-order valence-corrected chi connectivity index (χ4v) is 1.89. The van der Waals surface area contributed by atoms with Crippen molar-refractivity contribution in [3.8, 4) is 0 Å². The van der Waals surface area contributed by atoms with E-state index in [9.17, 15) is 19.5 Å². The first-order chi connectivity index (χ1) is 9.91. The minimum atomic E-state index is -1.47. The maximum Gasteiger partial charge on any atom is 0.328 e. The average molecular weight is 291 g/mol. The second kappa shape index (κ2) is 5.71. The molecule has 1 heterocycles. The number of aromatic amines is 1. The van der Waals surface area contributed by atoms with E-state index >= 15 is 0 Å². The number of aromatic nitrogens is 2. The fraction of sp³-hybridized carbons (Fsp3) is 0.231. The van der Waals surface area contributed by atoms with Crippen LogP contribution in [0.2, 0.25) is 0 Å². The number of benzene rings is 1. The normalized spacial score (nSPS) is 13.6. The van der Waals surface area contributed by atoms with Crippen molar-refractivity contribution in [1.82, 2.24) is 15.5 Å². The minimum absolute atomic E-state index is 0.114. The summed E-state index contributed by atoms with van der Waals surface area (Å²) in [5.41, 5.74) is -0.565. The van der Waals surface area contributed by atoms with E-state index in [1.54, 1.807) is 12.1 Å². The molecule has 110 valence electrons. The summed E-state index contributed by atoms with van der Waals surface area (Å²) in [6.45, 7) is 1.25. The topological polar surface area (TPSA) is 132 Å². The number of aliphatic carboxylic acids is 1. The van der Waals surface area contributed by atoms with E-state index in [1.165, 1.54) is 19.1 Å². The van der Waals surface area contributed by atoms with E-state index in [0.29, 0.717) is 5.39 Å². The van der Waals surface area contributed by atoms with E-state index in [4.69, 9.17) is 5.11 Å². The van der Waals surface area contributed by atoms with Gasteiger partial charge in [-0.3, -0.25) is 9.59 Å². The Morgan fingerprint density at radius 2 is 1.90 bits per heavy atom. The fourth-order valence-electron chi connectivity index (χ4n) is 1.89. The zero-order chi connectivity index (χ0) is 15.6. The quantitative estimate of drug-likeness (QED) is 0.599. The predicted octanol–water partition coefficient (Wildman–Crippen LogP) is -0.513. The van der Waals surface area contributed by atoms with Gasteiger partial charge in [-0.25, -0.2) is 9.89 Å². The first-order valence-electron chi connectivity index (χ1n) is 6.11. The Balaban J connectivity index is 2.43. The maximum absolute atomic E-state index is 12.1. The molecule has 0 fully saturated rings. The molecule has 0 aliphatic heterocycles. The summed E-state index contributed by atoms with van der Waals surface area (Å²) >= 11 is 0. The SMILES string of the molecule is C[C@@H](O)[C@H](NC(=O)c1n[nH]c(=O)c2ccccc12)C(=O)O. The molecule has 8 nitrogen and oxygen atoms in total. The molecule has 0 spiro atoms. The van der Waals surface area contributed by atoms with Crippen LogP contribution in [0.25, 0.3) is 10.8 Å². The number of carboxylic acid groups (broad SMARTS) is 1. The number of H-pyrrole nitrogens is 1. The van der Waals surface area contributed by atoms with Crippen molar-refractivity contribution in [3.63, 3.8) is 0 Å². The van der Waals surface area contributed by atoms with Crippen LogP contribution < -0.4 is 10.9 Å². The molecule has 1 amide bonds. The number of carbonyl (C=O) groups is 2. The molecule has 2 aromatic rings. The summed E-state index contributed by atoms with van der Waals surface area (Å²) in [5, 5.41) is 26.9. The van der Waals surface area contributed by atoms with E-state index in [1.807, 2.05) is 0 Å². The number of carboxylic acids is 1. The van der Waals surface area contributed by atoms with Gasteiger partial charge in [-0.05, 0) is 13.0 Å². The van der Waals surface area contributed by atoms with Crippen molar-refractivity contribution in [2.24, 2.45) is 0 Å². The predicted molar refractivity (Wildman–Crippen MR) is 72.9 cm³/mol. The Bertz CT molecular complexity index is 753. The molecule has 2 rings (SSSR count). The Morgan fingerprint density at radius 3 is 2.48 bits per heavy atom. The molecule has 0 aliphatic rings. The second-order valence-corrected chi connectivity index (χ2v) is 4.48. The summed E-state index contributed by atoms with van der Waals surface area (Å²) in [4.78, 5) is 34.7. The number of aliphatic hydroxyl groups excluding tert-OH is 1. The number of hydrogen-bond donors (Lipinski definition) is 4. The van der Waals surface area contributed by atoms with E-state index < -0.39 is 29.6 Å². The number of nitrogens with zero attached hydrogens (tertiary/aromatic N) is 1. The van der Waals surface area contributed by atoms with Gasteiger partial charge in [-0.2, -0.15) is 5.10 Å². The zero-order valence-corrected chi connectivity index (χ0v) is 11.0. The number of amides is 1. The molecule has 0 saturated heterocycles. The molecular formula is C13H13N3O5. The lowest BCUT2D eigenvalue weighted by Gasteiger charge is -2.16. The molecule has 0 radical (unpaired) electrons. The molecule has 2 atom stereocenters. The Hall–Kier alpha value is -2.74. The van der Waals surface area contributed by atoms with Gasteiger partial charge < -0.3 is 15.5 Å². The standard InChI is InChI=1S/C13H13N3O5/c1-6(17)9(13(20)21)14-12(19)10-7-4-2-3-5-8(7)11(18)16-15-10/h2-6,9,17H,1H3,(H,14,19)(H,16,18)(H,20,21)/t6-,9+/m1/s1. The largest absolute Gasteiger partial charge is 0.480 e. The molecule has 1 aromatic carbocycles. The first-order valence-corrected chi connectivity index (χ1v) is 6.11. The maximum atomic E-state index is 12.1.